The van der Waals surface area contributed by atoms with Crippen LogP contribution >= 0.6 is 0 Å². The van der Waals surface area contributed by atoms with Crippen LogP contribution in [0.15, 0.2) is 0 Å². The van der Waals surface area contributed by atoms with Crippen LogP contribution in [0.2, 0.25) is 0 Å². The second kappa shape index (κ2) is 4.19. The van der Waals surface area contributed by atoms with Gasteiger partial charge in [-0.3, -0.25) is 0 Å². The topological polar surface area (TPSA) is 35.2 Å². The quantitative estimate of drug-likeness (QED) is 0.732. The van der Waals surface area contributed by atoms with Gasteiger partial charge >= 0.3 is 0 Å². The van der Waals surface area contributed by atoms with Crippen molar-refractivity contribution in [2.45, 2.75) is 38.6 Å². The fourth-order valence-corrected chi connectivity index (χ4v) is 3.04. The summed E-state index contributed by atoms with van der Waals surface area (Å²) in [5.74, 6) is 3.55. The van der Waals surface area contributed by atoms with Crippen LogP contribution in [-0.4, -0.2) is 19.8 Å². The van der Waals surface area contributed by atoms with Crippen molar-refractivity contribution in [2.75, 3.05) is 13.7 Å². The Hall–Kier alpha value is -0.0800. The van der Waals surface area contributed by atoms with E-state index in [1.807, 2.05) is 0 Å². The van der Waals surface area contributed by atoms with Gasteiger partial charge in [-0.1, -0.05) is 6.92 Å². The van der Waals surface area contributed by atoms with Crippen molar-refractivity contribution in [2.24, 2.45) is 29.4 Å². The first-order valence-corrected chi connectivity index (χ1v) is 5.97. The first kappa shape index (κ1) is 10.4. The van der Waals surface area contributed by atoms with Crippen LogP contribution in [0.5, 0.6) is 0 Å². The predicted octanol–water partition coefficient (Wildman–Crippen LogP) is 2.03. The number of nitrogens with two attached hydrogens (primary N) is 1. The van der Waals surface area contributed by atoms with Crippen LogP contribution in [0.3, 0.4) is 0 Å². The number of fused-ring (bicyclic) bond motifs is 1. The highest BCUT2D eigenvalue weighted by molar-refractivity contribution is 4.99. The number of hydrogen-bond acceptors (Lipinski definition) is 2. The molecule has 0 spiro atoms. The van der Waals surface area contributed by atoms with Crippen molar-refractivity contribution in [1.29, 1.82) is 0 Å². The lowest BCUT2D eigenvalue weighted by atomic mass is 9.85. The molecule has 2 heteroatoms. The van der Waals surface area contributed by atoms with Gasteiger partial charge in [-0.05, 0) is 49.4 Å². The maximum atomic E-state index is 6.29. The molecule has 2 aliphatic carbocycles. The minimum atomic E-state index is 0.415. The summed E-state index contributed by atoms with van der Waals surface area (Å²) >= 11 is 0. The molecule has 4 atom stereocenters. The van der Waals surface area contributed by atoms with Gasteiger partial charge in [0.1, 0.15) is 0 Å². The average molecular weight is 197 g/mol. The maximum absolute atomic E-state index is 6.29. The highest BCUT2D eigenvalue weighted by Gasteiger charge is 2.47. The zero-order chi connectivity index (χ0) is 10.1. The molecule has 2 N–H and O–H groups in total. The monoisotopic (exact) mass is 197 g/mol. The van der Waals surface area contributed by atoms with Crippen LogP contribution < -0.4 is 5.73 Å². The fraction of sp³-hybridized carbons (Fsp3) is 1.00. The first-order chi connectivity index (χ1) is 6.72. The lowest BCUT2D eigenvalue weighted by molar-refractivity contribution is 0.165. The SMILES string of the molecule is COCCC(C)C(N)C1CC2CC2C1. The van der Waals surface area contributed by atoms with Gasteiger partial charge in [0, 0.05) is 19.8 Å². The van der Waals surface area contributed by atoms with E-state index in [0.717, 1.165) is 30.8 Å². The van der Waals surface area contributed by atoms with Gasteiger partial charge < -0.3 is 10.5 Å². The third-order valence-corrected chi connectivity index (χ3v) is 4.26. The van der Waals surface area contributed by atoms with Crippen LogP contribution in [0.1, 0.15) is 32.6 Å². The van der Waals surface area contributed by atoms with E-state index >= 15 is 0 Å². The van der Waals surface area contributed by atoms with E-state index in [9.17, 15) is 0 Å². The number of methoxy groups -OCH3 is 1. The van der Waals surface area contributed by atoms with Gasteiger partial charge in [-0.25, -0.2) is 0 Å². The molecule has 2 nitrogen and oxygen atoms in total. The standard InChI is InChI=1S/C12H23NO/c1-8(3-4-14-2)12(13)11-6-9-5-10(9)7-11/h8-12H,3-7,13H2,1-2H3. The Morgan fingerprint density at radius 3 is 2.50 bits per heavy atom. The molecule has 2 rings (SSSR count). The smallest absolute Gasteiger partial charge is 0.0465 e. The fourth-order valence-electron chi connectivity index (χ4n) is 3.04. The molecule has 0 amide bonds. The highest BCUT2D eigenvalue weighted by atomic mass is 16.5. The summed E-state index contributed by atoms with van der Waals surface area (Å²) in [7, 11) is 1.77. The van der Waals surface area contributed by atoms with Gasteiger partial charge in [0.25, 0.3) is 0 Å². The Balaban J connectivity index is 1.73. The van der Waals surface area contributed by atoms with Crippen LogP contribution in [0.25, 0.3) is 0 Å². The Labute approximate surface area is 87.2 Å². The Morgan fingerprint density at radius 2 is 1.93 bits per heavy atom. The Morgan fingerprint density at radius 1 is 1.29 bits per heavy atom. The minimum absolute atomic E-state index is 0.415. The molecule has 0 aliphatic heterocycles. The third kappa shape index (κ3) is 2.12. The van der Waals surface area contributed by atoms with E-state index in [0.29, 0.717) is 12.0 Å². The molecule has 0 aromatic carbocycles. The molecule has 2 fully saturated rings. The summed E-state index contributed by atoms with van der Waals surface area (Å²) in [5, 5.41) is 0. The van der Waals surface area contributed by atoms with Crippen molar-refractivity contribution in [3.05, 3.63) is 0 Å². The molecule has 2 saturated carbocycles. The summed E-state index contributed by atoms with van der Waals surface area (Å²) < 4.78 is 5.10. The predicted molar refractivity (Wildman–Crippen MR) is 58.0 cm³/mol. The summed E-state index contributed by atoms with van der Waals surface area (Å²) in [6, 6.07) is 0.415. The highest BCUT2D eigenvalue weighted by Crippen LogP contribution is 2.55. The molecule has 0 heterocycles. The van der Waals surface area contributed by atoms with Gasteiger partial charge in [-0.2, -0.15) is 0 Å². The van der Waals surface area contributed by atoms with Crippen molar-refractivity contribution in [3.63, 3.8) is 0 Å². The van der Waals surface area contributed by atoms with E-state index in [1.165, 1.54) is 19.3 Å². The molecule has 0 aromatic rings. The molecule has 0 saturated heterocycles. The third-order valence-electron chi connectivity index (χ3n) is 4.26. The average Bonchev–Trinajstić information content (AvgIpc) is 2.81. The summed E-state index contributed by atoms with van der Waals surface area (Å²) in [6.07, 6.45) is 5.42. The van der Waals surface area contributed by atoms with E-state index in [4.69, 9.17) is 10.5 Å². The molecule has 14 heavy (non-hydrogen) atoms. The Bertz CT molecular complexity index is 185. The maximum Gasteiger partial charge on any atom is 0.0465 e. The largest absolute Gasteiger partial charge is 0.385 e. The lowest BCUT2D eigenvalue weighted by Gasteiger charge is -2.26. The normalized spacial score (nSPS) is 39.2. The van der Waals surface area contributed by atoms with Gasteiger partial charge in [0.2, 0.25) is 0 Å². The zero-order valence-corrected chi connectivity index (χ0v) is 9.41. The Kier molecular flexibility index (Phi) is 3.13. The lowest BCUT2D eigenvalue weighted by Crippen LogP contribution is -2.36. The molecule has 0 radical (unpaired) electrons. The van der Waals surface area contributed by atoms with E-state index in [2.05, 4.69) is 6.92 Å². The van der Waals surface area contributed by atoms with Crippen LogP contribution in [-0.2, 0) is 4.74 Å². The molecule has 2 aliphatic rings. The summed E-state index contributed by atoms with van der Waals surface area (Å²) in [5.41, 5.74) is 6.29. The van der Waals surface area contributed by atoms with Crippen molar-refractivity contribution >= 4 is 0 Å². The second-order valence-corrected chi connectivity index (χ2v) is 5.32. The molecule has 82 valence electrons. The number of rotatable bonds is 5. The first-order valence-electron chi connectivity index (χ1n) is 5.97. The summed E-state index contributed by atoms with van der Waals surface area (Å²) in [4.78, 5) is 0. The van der Waals surface area contributed by atoms with Crippen LogP contribution in [0.4, 0.5) is 0 Å². The number of ether oxygens (including phenoxy) is 1. The molecular formula is C12H23NO. The van der Waals surface area contributed by atoms with Crippen molar-refractivity contribution in [3.8, 4) is 0 Å². The van der Waals surface area contributed by atoms with Gasteiger partial charge in [0.15, 0.2) is 0 Å². The molecule has 4 unspecified atom stereocenters. The minimum Gasteiger partial charge on any atom is -0.385 e. The van der Waals surface area contributed by atoms with E-state index in [1.54, 1.807) is 7.11 Å². The second-order valence-electron chi connectivity index (χ2n) is 5.32. The van der Waals surface area contributed by atoms with Crippen molar-refractivity contribution in [1.82, 2.24) is 0 Å². The summed E-state index contributed by atoms with van der Waals surface area (Å²) in [6.45, 7) is 3.13. The van der Waals surface area contributed by atoms with Crippen LogP contribution in [0, 0.1) is 23.7 Å². The molecular weight excluding hydrogens is 174 g/mol. The number of hydrogen-bond donors (Lipinski definition) is 1. The zero-order valence-electron chi connectivity index (χ0n) is 9.41. The molecule has 0 bridgehead atoms. The van der Waals surface area contributed by atoms with Gasteiger partial charge in [-0.15, -0.1) is 0 Å². The van der Waals surface area contributed by atoms with E-state index in [-0.39, 0.29) is 0 Å². The van der Waals surface area contributed by atoms with Gasteiger partial charge in [0.05, 0.1) is 0 Å². The van der Waals surface area contributed by atoms with E-state index < -0.39 is 0 Å². The van der Waals surface area contributed by atoms with Crippen molar-refractivity contribution < 1.29 is 4.74 Å². The molecule has 0 aromatic heterocycles.